The Kier molecular flexibility index (Phi) is 15.2. The van der Waals surface area contributed by atoms with Gasteiger partial charge >= 0.3 is 0 Å². The molecule has 4 atom stereocenters. The Morgan fingerprint density at radius 2 is 1.64 bits per heavy atom. The van der Waals surface area contributed by atoms with Crippen LogP contribution < -0.4 is 35.6 Å². The van der Waals surface area contributed by atoms with Crippen LogP contribution in [0.3, 0.4) is 0 Å². The van der Waals surface area contributed by atoms with Gasteiger partial charge in [0.2, 0.25) is 17.7 Å². The molecule has 18 nitrogen and oxygen atoms in total. The van der Waals surface area contributed by atoms with E-state index in [2.05, 4.69) is 96.1 Å². The minimum Gasteiger partial charge on any atom is -0.489 e. The van der Waals surface area contributed by atoms with Gasteiger partial charge in [-0.15, -0.1) is 0 Å². The summed E-state index contributed by atoms with van der Waals surface area (Å²) < 4.78 is 40.4. The highest BCUT2D eigenvalue weighted by atomic mass is 32.2. The summed E-state index contributed by atoms with van der Waals surface area (Å²) in [5.41, 5.74) is 6.19. The Morgan fingerprint density at radius 3 is 2.36 bits per heavy atom. The second-order valence-electron chi connectivity index (χ2n) is 22.4. The number of nitrogens with zero attached hydrogens (tertiary/aromatic N) is 7. The molecule has 2 aliphatic heterocycles. The van der Waals surface area contributed by atoms with Gasteiger partial charge in [0.05, 0.1) is 22.3 Å². The lowest BCUT2D eigenvalue weighted by Gasteiger charge is -2.42. The van der Waals surface area contributed by atoms with E-state index < -0.39 is 32.1 Å². The second-order valence-corrected chi connectivity index (χ2v) is 25.1. The summed E-state index contributed by atoms with van der Waals surface area (Å²) in [5.74, 6) is 2.57. The number of carbonyl (C=O) groups excluding carboxylic acids is 2. The van der Waals surface area contributed by atoms with Crippen molar-refractivity contribution in [2.24, 2.45) is 5.41 Å². The maximum atomic E-state index is 14.9. The number of anilines is 3. The van der Waals surface area contributed by atoms with E-state index in [-0.39, 0.29) is 47.2 Å². The summed E-state index contributed by atoms with van der Waals surface area (Å²) in [6.45, 7) is 19.1. The van der Waals surface area contributed by atoms with Gasteiger partial charge in [-0.25, -0.2) is 28.4 Å². The fraction of sp³-hybridized carbons (Fsp3) is 0.482. The zero-order valence-electron chi connectivity index (χ0n) is 44.9. The third-order valence-electron chi connectivity index (χ3n) is 15.0. The molecule has 1 aliphatic carbocycles. The molecular weight excluding hydrogens is 969 g/mol. The number of aryl methyl sites for hydroxylation is 2. The van der Waals surface area contributed by atoms with E-state index in [0.29, 0.717) is 78.9 Å². The molecule has 3 aromatic carbocycles. The number of carbonyl (C=O) groups is 2. The van der Waals surface area contributed by atoms with Gasteiger partial charge in [-0.2, -0.15) is 5.10 Å². The SMILES string of the molecule is CN[C@@H](C)CN[C@H](C(=O)N1Cc2cc(Oc3cc(N4CCC(Oc5cc6ncnc(Nc7n[nH]c(C)c7C)c6cc5S(=O)(=O)C(C)(C)C)CC4)ncn3)ccc2C[C@H]1C(=O)N[C@@H]1CCCc2ccccc21)C(C)(C)C. The molecule has 3 aromatic heterocycles. The molecule has 1 saturated heterocycles. The van der Waals surface area contributed by atoms with E-state index in [1.54, 1.807) is 43.9 Å². The van der Waals surface area contributed by atoms with E-state index in [1.807, 2.05) is 51.2 Å². The van der Waals surface area contributed by atoms with Crippen LogP contribution in [-0.2, 0) is 38.8 Å². The average molecular weight is 1040 g/mol. The van der Waals surface area contributed by atoms with Gasteiger partial charge in [0.25, 0.3) is 0 Å². The second kappa shape index (κ2) is 21.5. The van der Waals surface area contributed by atoms with E-state index in [0.717, 1.165) is 47.2 Å². The van der Waals surface area contributed by atoms with Crippen LogP contribution in [0.5, 0.6) is 17.4 Å². The van der Waals surface area contributed by atoms with Crippen LogP contribution in [0.4, 0.5) is 17.5 Å². The van der Waals surface area contributed by atoms with Crippen LogP contribution in [0.2, 0.25) is 0 Å². The standard InChI is InChI=1S/C56H72N12O6S/c1-33(57-10)29-58-50(55(4,5)6)54(70)68-30-38-24-40(19-18-37(38)25-45(68)53(69)63-43-17-13-15-36-14-11-12-16-41(36)43)74-49-28-48(60-32-61-49)67-22-20-39(21-23-67)73-46-27-44-42(26-47(46)75(71,72)56(7,8)9)52(62-31-59-44)64-51-34(2)35(3)65-66-51/h11-12,14,16,18-19,24,26-28,31-33,39,43,45,50,57-58H,13,15,17,20-23,25,29-30H2,1-10H3,(H,63,69)(H2,59,62,64,65,66)/t33-,43+,45-,50+/m0/s1. The Bertz CT molecular complexity index is 3180. The summed E-state index contributed by atoms with van der Waals surface area (Å²) in [6.07, 6.45) is 6.97. The van der Waals surface area contributed by atoms with Gasteiger partial charge in [0.1, 0.15) is 52.8 Å². The first-order valence-electron chi connectivity index (χ1n) is 26.1. The number of fused-ring (bicyclic) bond motifs is 3. The predicted octanol–water partition coefficient (Wildman–Crippen LogP) is 7.97. The van der Waals surface area contributed by atoms with E-state index in [9.17, 15) is 18.0 Å². The van der Waals surface area contributed by atoms with Crippen molar-refractivity contribution < 1.29 is 27.5 Å². The minimum atomic E-state index is -3.88. The number of hydrogen-bond acceptors (Lipinski definition) is 15. The molecule has 9 rings (SSSR count). The lowest BCUT2D eigenvalue weighted by Crippen LogP contribution is -2.60. The maximum Gasteiger partial charge on any atom is 0.243 e. The normalized spacial score (nSPS) is 18.2. The summed E-state index contributed by atoms with van der Waals surface area (Å²) in [5, 5.41) is 21.3. The number of ether oxygens (including phenoxy) is 2. The van der Waals surface area contributed by atoms with E-state index in [4.69, 9.17) is 9.47 Å². The highest BCUT2D eigenvalue weighted by Gasteiger charge is 2.42. The first-order valence-corrected chi connectivity index (χ1v) is 27.6. The van der Waals surface area contributed by atoms with Gasteiger partial charge in [-0.3, -0.25) is 14.7 Å². The Balaban J connectivity index is 0.908. The summed E-state index contributed by atoms with van der Waals surface area (Å²) in [4.78, 5) is 51.5. The highest BCUT2D eigenvalue weighted by Crippen LogP contribution is 2.40. The number of aromatic nitrogens is 6. The first kappa shape index (κ1) is 53.1. The zero-order valence-corrected chi connectivity index (χ0v) is 45.7. The Morgan fingerprint density at radius 1 is 0.880 bits per heavy atom. The number of amides is 2. The summed E-state index contributed by atoms with van der Waals surface area (Å²) in [6, 6.07) is 18.0. The van der Waals surface area contributed by atoms with E-state index in [1.165, 1.54) is 18.2 Å². The number of nitrogens with one attached hydrogen (secondary N) is 5. The number of sulfone groups is 1. The molecule has 2 amide bonds. The van der Waals surface area contributed by atoms with Gasteiger partial charge < -0.3 is 40.5 Å². The van der Waals surface area contributed by atoms with Crippen LogP contribution in [-0.4, -0.2) is 111 Å². The van der Waals surface area contributed by atoms with Gasteiger partial charge in [0, 0.05) is 80.3 Å². The minimum absolute atomic E-state index is 0.0733. The molecule has 0 bridgehead atoms. The molecule has 0 saturated carbocycles. The quantitative estimate of drug-likeness (QED) is 0.0658. The van der Waals surface area contributed by atoms with Gasteiger partial charge in [-0.1, -0.05) is 51.1 Å². The molecule has 0 unspecified atom stereocenters. The monoisotopic (exact) mass is 1040 g/mol. The third kappa shape index (κ3) is 11.5. The zero-order chi connectivity index (χ0) is 53.4. The number of hydrogen-bond donors (Lipinski definition) is 5. The molecule has 1 fully saturated rings. The van der Waals surface area contributed by atoms with Crippen LogP contribution in [0.15, 0.2) is 78.2 Å². The van der Waals surface area contributed by atoms with Crippen molar-refractivity contribution in [3.05, 3.63) is 107 Å². The van der Waals surface area contributed by atoms with Crippen molar-refractivity contribution in [1.82, 2.24) is 51.0 Å². The van der Waals surface area contributed by atoms with Gasteiger partial charge in [0.15, 0.2) is 15.7 Å². The van der Waals surface area contributed by atoms with E-state index >= 15 is 0 Å². The number of H-pyrrole nitrogens is 1. The number of piperidine rings is 1. The van der Waals surface area contributed by atoms with Crippen molar-refractivity contribution in [2.45, 2.75) is 147 Å². The number of likely N-dealkylation sites (N-methyl/N-ethyl adjacent to an activating group) is 1. The van der Waals surface area contributed by atoms with Crippen molar-refractivity contribution >= 4 is 50.0 Å². The molecule has 5 heterocycles. The molecular formula is C56H72N12O6S. The maximum absolute atomic E-state index is 14.9. The largest absolute Gasteiger partial charge is 0.489 e. The number of rotatable bonds is 15. The molecule has 6 aromatic rings. The number of aromatic amines is 1. The molecule has 3 aliphatic rings. The summed E-state index contributed by atoms with van der Waals surface area (Å²) >= 11 is 0. The third-order valence-corrected chi connectivity index (χ3v) is 17.5. The Hall–Kier alpha value is -6.70. The smallest absolute Gasteiger partial charge is 0.243 e. The Labute approximate surface area is 440 Å². The molecule has 0 radical (unpaired) electrons. The topological polar surface area (TPSA) is 222 Å². The highest BCUT2D eigenvalue weighted by molar-refractivity contribution is 7.92. The molecule has 19 heteroatoms. The van der Waals surface area contributed by atoms with Crippen LogP contribution >= 0.6 is 0 Å². The van der Waals surface area contributed by atoms with Crippen molar-refractivity contribution in [3.8, 4) is 17.4 Å². The van der Waals surface area contributed by atoms with Crippen molar-refractivity contribution in [3.63, 3.8) is 0 Å². The molecule has 398 valence electrons. The predicted molar refractivity (Wildman–Crippen MR) is 290 cm³/mol. The lowest BCUT2D eigenvalue weighted by molar-refractivity contribution is -0.146. The first-order chi connectivity index (χ1) is 35.7. The molecule has 5 N–H and O–H groups in total. The molecule has 0 spiro atoms. The van der Waals surface area contributed by atoms with Crippen LogP contribution in [0.1, 0.15) is 114 Å². The lowest BCUT2D eigenvalue weighted by atomic mass is 9.83. The number of benzene rings is 3. The fourth-order valence-corrected chi connectivity index (χ4v) is 11.5. The van der Waals surface area contributed by atoms with Crippen molar-refractivity contribution in [2.75, 3.05) is 36.9 Å². The van der Waals surface area contributed by atoms with Crippen molar-refractivity contribution in [1.29, 1.82) is 0 Å². The van der Waals surface area contributed by atoms with Crippen LogP contribution in [0.25, 0.3) is 10.9 Å². The fourth-order valence-electron chi connectivity index (χ4n) is 10.2. The average Bonchev–Trinajstić information content (AvgIpc) is 3.70. The summed E-state index contributed by atoms with van der Waals surface area (Å²) in [7, 11) is -1.98. The van der Waals surface area contributed by atoms with Gasteiger partial charge in [-0.05, 0) is 114 Å². The molecule has 75 heavy (non-hydrogen) atoms. The van der Waals surface area contributed by atoms with Crippen LogP contribution in [0, 0.1) is 19.3 Å².